The van der Waals surface area contributed by atoms with Gasteiger partial charge in [0.15, 0.2) is 11.6 Å². The second kappa shape index (κ2) is 4.06. The predicted octanol–water partition coefficient (Wildman–Crippen LogP) is 3.33. The van der Waals surface area contributed by atoms with E-state index in [0.29, 0.717) is 17.5 Å². The van der Waals surface area contributed by atoms with Crippen LogP contribution in [0, 0.1) is 6.92 Å². The molecule has 2 rings (SSSR count). The Morgan fingerprint density at radius 3 is 2.93 bits per heavy atom. The van der Waals surface area contributed by atoms with Gasteiger partial charge in [-0.05, 0) is 19.4 Å². The minimum absolute atomic E-state index is 0.210. The highest BCUT2D eigenvalue weighted by atomic mass is 35.5. The highest BCUT2D eigenvalue weighted by Gasteiger charge is 2.17. The third kappa shape index (κ3) is 1.90. The van der Waals surface area contributed by atoms with Crippen LogP contribution in [0.2, 0.25) is 0 Å². The molecule has 4 nitrogen and oxygen atoms in total. The maximum absolute atomic E-state index is 5.99. The number of nitrogens with zero attached hydrogens (tertiary/aromatic N) is 2. The Bertz CT molecular complexity index is 450. The van der Waals surface area contributed by atoms with Gasteiger partial charge in [0.25, 0.3) is 5.89 Å². The molecule has 0 aliphatic rings. The molecule has 0 amide bonds. The highest BCUT2D eigenvalue weighted by molar-refractivity contribution is 6.20. The molecule has 2 aromatic rings. The van der Waals surface area contributed by atoms with Gasteiger partial charge in [-0.3, -0.25) is 0 Å². The van der Waals surface area contributed by atoms with Crippen molar-refractivity contribution in [3.8, 4) is 11.7 Å². The summed E-state index contributed by atoms with van der Waals surface area (Å²) >= 11 is 5.99. The quantitative estimate of drug-likeness (QED) is 0.754. The minimum atomic E-state index is -0.210. The van der Waals surface area contributed by atoms with Crippen molar-refractivity contribution in [2.45, 2.75) is 25.6 Å². The van der Waals surface area contributed by atoms with Gasteiger partial charge in [0.2, 0.25) is 0 Å². The molecule has 15 heavy (non-hydrogen) atoms. The van der Waals surface area contributed by atoms with Crippen LogP contribution in [0.5, 0.6) is 0 Å². The van der Waals surface area contributed by atoms with Gasteiger partial charge in [-0.15, -0.1) is 11.6 Å². The van der Waals surface area contributed by atoms with Crippen molar-refractivity contribution in [2.24, 2.45) is 0 Å². The minimum Gasteiger partial charge on any atom is -0.459 e. The summed E-state index contributed by atoms with van der Waals surface area (Å²) in [5.41, 5.74) is 0.966. The molecule has 0 spiro atoms. The molecule has 80 valence electrons. The summed E-state index contributed by atoms with van der Waals surface area (Å²) in [6.45, 7) is 3.88. The summed E-state index contributed by atoms with van der Waals surface area (Å²) in [5.74, 6) is 1.49. The average Bonchev–Trinajstić information content (AvgIpc) is 2.84. The van der Waals surface area contributed by atoms with E-state index in [0.717, 1.165) is 12.0 Å². The first kappa shape index (κ1) is 10.2. The fraction of sp³-hybridized carbons (Fsp3) is 0.400. The van der Waals surface area contributed by atoms with Gasteiger partial charge in [0.05, 0.1) is 11.6 Å². The number of alkyl halides is 1. The summed E-state index contributed by atoms with van der Waals surface area (Å²) in [6.07, 6.45) is 2.35. The van der Waals surface area contributed by atoms with Crippen molar-refractivity contribution in [2.75, 3.05) is 0 Å². The number of aromatic nitrogens is 2. The van der Waals surface area contributed by atoms with Crippen LogP contribution in [0.3, 0.4) is 0 Å². The monoisotopic (exact) mass is 226 g/mol. The number of halogens is 1. The fourth-order valence-corrected chi connectivity index (χ4v) is 1.32. The van der Waals surface area contributed by atoms with E-state index in [-0.39, 0.29) is 5.38 Å². The van der Waals surface area contributed by atoms with E-state index in [2.05, 4.69) is 10.1 Å². The van der Waals surface area contributed by atoms with Gasteiger partial charge in [-0.25, -0.2) is 0 Å². The lowest BCUT2D eigenvalue weighted by Gasteiger charge is -1.95. The van der Waals surface area contributed by atoms with Crippen LogP contribution in [-0.2, 0) is 0 Å². The van der Waals surface area contributed by atoms with Crippen LogP contribution in [0.4, 0.5) is 0 Å². The molecule has 1 atom stereocenters. The Kier molecular flexibility index (Phi) is 2.77. The molecule has 2 heterocycles. The number of hydrogen-bond donors (Lipinski definition) is 0. The molecular weight excluding hydrogens is 216 g/mol. The molecule has 0 aliphatic carbocycles. The molecule has 0 radical (unpaired) electrons. The van der Waals surface area contributed by atoms with Gasteiger partial charge in [0.1, 0.15) is 0 Å². The maximum Gasteiger partial charge on any atom is 0.293 e. The van der Waals surface area contributed by atoms with Crippen molar-refractivity contribution < 1.29 is 8.94 Å². The van der Waals surface area contributed by atoms with Gasteiger partial charge < -0.3 is 8.94 Å². The summed E-state index contributed by atoms with van der Waals surface area (Å²) < 4.78 is 10.3. The van der Waals surface area contributed by atoms with Gasteiger partial charge in [-0.2, -0.15) is 4.98 Å². The first-order valence-electron chi connectivity index (χ1n) is 4.74. The second-order valence-corrected chi connectivity index (χ2v) is 3.79. The number of rotatable bonds is 3. The third-order valence-corrected chi connectivity index (χ3v) is 2.64. The van der Waals surface area contributed by atoms with Crippen LogP contribution in [0.15, 0.2) is 21.3 Å². The van der Waals surface area contributed by atoms with Crippen molar-refractivity contribution >= 4 is 11.6 Å². The van der Waals surface area contributed by atoms with Gasteiger partial charge in [0, 0.05) is 5.56 Å². The van der Waals surface area contributed by atoms with Crippen LogP contribution in [0.1, 0.15) is 30.1 Å². The van der Waals surface area contributed by atoms with E-state index in [1.54, 1.807) is 6.26 Å². The van der Waals surface area contributed by atoms with E-state index in [9.17, 15) is 0 Å². The summed E-state index contributed by atoms with van der Waals surface area (Å²) in [5, 5.41) is 3.60. The molecule has 2 aromatic heterocycles. The lowest BCUT2D eigenvalue weighted by atomic mass is 10.3. The first-order valence-corrected chi connectivity index (χ1v) is 5.18. The van der Waals surface area contributed by atoms with Gasteiger partial charge in [-0.1, -0.05) is 12.1 Å². The summed E-state index contributed by atoms with van der Waals surface area (Å²) in [4.78, 5) is 4.18. The normalized spacial score (nSPS) is 13.0. The van der Waals surface area contributed by atoms with E-state index >= 15 is 0 Å². The molecule has 0 aliphatic heterocycles. The van der Waals surface area contributed by atoms with E-state index < -0.39 is 0 Å². The molecule has 1 unspecified atom stereocenters. The Labute approximate surface area is 92.2 Å². The zero-order valence-electron chi connectivity index (χ0n) is 8.53. The van der Waals surface area contributed by atoms with E-state index in [1.807, 2.05) is 19.9 Å². The smallest absolute Gasteiger partial charge is 0.293 e. The number of aryl methyl sites for hydroxylation is 1. The van der Waals surface area contributed by atoms with Crippen LogP contribution in [0.25, 0.3) is 11.7 Å². The lowest BCUT2D eigenvalue weighted by molar-refractivity contribution is 0.407. The lowest BCUT2D eigenvalue weighted by Crippen LogP contribution is -1.90. The second-order valence-electron chi connectivity index (χ2n) is 3.27. The van der Waals surface area contributed by atoms with Crippen molar-refractivity contribution in [1.82, 2.24) is 10.1 Å². The molecule has 0 bridgehead atoms. The van der Waals surface area contributed by atoms with Crippen LogP contribution in [-0.4, -0.2) is 10.1 Å². The Balaban J connectivity index is 2.32. The number of hydrogen-bond acceptors (Lipinski definition) is 4. The highest BCUT2D eigenvalue weighted by Crippen LogP contribution is 2.26. The topological polar surface area (TPSA) is 52.1 Å². The SMILES string of the molecule is CCC(Cl)c1noc(-c2occc2C)n1. The van der Waals surface area contributed by atoms with Gasteiger partial charge >= 0.3 is 0 Å². The zero-order valence-corrected chi connectivity index (χ0v) is 9.28. The van der Waals surface area contributed by atoms with Crippen LogP contribution < -0.4 is 0 Å². The average molecular weight is 227 g/mol. The largest absolute Gasteiger partial charge is 0.459 e. The van der Waals surface area contributed by atoms with Crippen molar-refractivity contribution in [3.63, 3.8) is 0 Å². The molecule has 0 saturated heterocycles. The zero-order chi connectivity index (χ0) is 10.8. The third-order valence-electron chi connectivity index (χ3n) is 2.14. The van der Waals surface area contributed by atoms with Crippen molar-refractivity contribution in [1.29, 1.82) is 0 Å². The molecule has 5 heteroatoms. The van der Waals surface area contributed by atoms with Crippen molar-refractivity contribution in [3.05, 3.63) is 23.7 Å². The summed E-state index contributed by atoms with van der Waals surface area (Å²) in [6, 6.07) is 1.84. The summed E-state index contributed by atoms with van der Waals surface area (Å²) in [7, 11) is 0. The molecular formula is C10H11ClN2O2. The van der Waals surface area contributed by atoms with Crippen LogP contribution >= 0.6 is 11.6 Å². The maximum atomic E-state index is 5.99. The van der Waals surface area contributed by atoms with E-state index in [4.69, 9.17) is 20.5 Å². The molecule has 0 N–H and O–H groups in total. The predicted molar refractivity (Wildman–Crippen MR) is 55.6 cm³/mol. The standard InChI is InChI=1S/C10H11ClN2O2/c1-3-7(11)9-12-10(15-13-9)8-6(2)4-5-14-8/h4-5,7H,3H2,1-2H3. The Morgan fingerprint density at radius 1 is 1.53 bits per heavy atom. The molecule has 0 aromatic carbocycles. The number of furan rings is 1. The molecule has 0 saturated carbocycles. The Morgan fingerprint density at radius 2 is 2.33 bits per heavy atom. The first-order chi connectivity index (χ1) is 7.22. The molecule has 0 fully saturated rings. The van der Waals surface area contributed by atoms with E-state index in [1.165, 1.54) is 0 Å². The Hall–Kier alpha value is -1.29. The fourth-order valence-electron chi connectivity index (χ4n) is 1.23.